The maximum atomic E-state index is 13.1. The van der Waals surface area contributed by atoms with E-state index in [-0.39, 0.29) is 29.6 Å². The molecule has 1 unspecified atom stereocenters. The molecule has 6 nitrogen and oxygen atoms in total. The molecule has 164 valence electrons. The summed E-state index contributed by atoms with van der Waals surface area (Å²) in [5, 5.41) is 20.6. The predicted octanol–water partition coefficient (Wildman–Crippen LogP) is 4.10. The van der Waals surface area contributed by atoms with Crippen LogP contribution in [0, 0.1) is 0 Å². The van der Waals surface area contributed by atoms with Crippen molar-refractivity contribution >= 4 is 11.7 Å². The molecule has 1 amide bonds. The van der Waals surface area contributed by atoms with Crippen LogP contribution < -0.4 is 0 Å². The van der Waals surface area contributed by atoms with Gasteiger partial charge in [-0.25, -0.2) is 0 Å². The molecule has 31 heavy (non-hydrogen) atoms. The van der Waals surface area contributed by atoms with E-state index in [9.17, 15) is 19.8 Å². The lowest BCUT2D eigenvalue weighted by Crippen LogP contribution is -2.32. The third-order valence-corrected chi connectivity index (χ3v) is 5.27. The van der Waals surface area contributed by atoms with Crippen LogP contribution in [0.2, 0.25) is 0 Å². The van der Waals surface area contributed by atoms with Crippen LogP contribution in [-0.2, 0) is 20.7 Å². The third-order valence-electron chi connectivity index (χ3n) is 5.27. The molecule has 0 spiro atoms. The Balaban J connectivity index is 1.83. The van der Waals surface area contributed by atoms with E-state index in [1.54, 1.807) is 12.1 Å². The molecule has 1 heterocycles. The maximum Gasteiger partial charge on any atom is 0.290 e. The zero-order chi connectivity index (χ0) is 22.4. The first-order chi connectivity index (χ1) is 14.9. The number of hydrogen-bond acceptors (Lipinski definition) is 5. The molecule has 2 aromatic rings. The van der Waals surface area contributed by atoms with Crippen molar-refractivity contribution in [2.45, 2.75) is 45.3 Å². The van der Waals surface area contributed by atoms with Crippen LogP contribution in [0.25, 0.3) is 0 Å². The second-order valence-corrected chi connectivity index (χ2v) is 7.94. The minimum Gasteiger partial charge on any atom is -0.508 e. The number of aryl methyl sites for hydroxylation is 1. The van der Waals surface area contributed by atoms with Crippen molar-refractivity contribution in [2.24, 2.45) is 0 Å². The van der Waals surface area contributed by atoms with Crippen LogP contribution in [0.3, 0.4) is 0 Å². The zero-order valence-electron chi connectivity index (χ0n) is 18.0. The number of nitrogens with zero attached hydrogens (tertiary/aromatic N) is 1. The van der Waals surface area contributed by atoms with E-state index in [1.807, 2.05) is 44.2 Å². The van der Waals surface area contributed by atoms with Gasteiger partial charge in [0.05, 0.1) is 17.7 Å². The number of benzene rings is 2. The molecule has 2 aromatic carbocycles. The van der Waals surface area contributed by atoms with E-state index >= 15 is 0 Å². The van der Waals surface area contributed by atoms with Gasteiger partial charge in [-0.1, -0.05) is 42.5 Å². The van der Waals surface area contributed by atoms with Gasteiger partial charge in [0.1, 0.15) is 5.75 Å². The van der Waals surface area contributed by atoms with E-state index in [0.717, 1.165) is 5.56 Å². The average molecular weight is 424 g/mol. The number of carbonyl (C=O) groups excluding carboxylic acids is 2. The Labute approximate surface area is 182 Å². The van der Waals surface area contributed by atoms with Crippen molar-refractivity contribution in [3.63, 3.8) is 0 Å². The molecule has 0 saturated carbocycles. The summed E-state index contributed by atoms with van der Waals surface area (Å²) in [5.74, 6) is -1.31. The standard InChI is InChI=1S/C25H29NO5/c1-17(2)31-15-7-14-26-23(19-10-6-11-20(27)16-19)22(24(29)25(26)30)21(28)13-12-18-8-4-3-5-9-18/h3-6,8-11,16-17,23,27,29H,7,12-15H2,1-2H3. The van der Waals surface area contributed by atoms with Gasteiger partial charge in [-0.2, -0.15) is 0 Å². The molecule has 0 radical (unpaired) electrons. The Hall–Kier alpha value is -3.12. The zero-order valence-corrected chi connectivity index (χ0v) is 18.0. The van der Waals surface area contributed by atoms with Gasteiger partial charge in [-0.3, -0.25) is 9.59 Å². The summed E-state index contributed by atoms with van der Waals surface area (Å²) in [6.07, 6.45) is 1.34. The molecule has 3 rings (SSSR count). The van der Waals surface area contributed by atoms with Gasteiger partial charge in [0.15, 0.2) is 11.5 Å². The highest BCUT2D eigenvalue weighted by Gasteiger charge is 2.42. The number of hydrogen-bond donors (Lipinski definition) is 2. The van der Waals surface area contributed by atoms with Crippen LogP contribution in [0.15, 0.2) is 65.9 Å². The molecule has 0 aliphatic carbocycles. The number of phenols is 1. The normalized spacial score (nSPS) is 16.4. The van der Waals surface area contributed by atoms with Crippen molar-refractivity contribution in [1.29, 1.82) is 0 Å². The molecule has 1 atom stereocenters. The highest BCUT2D eigenvalue weighted by molar-refractivity contribution is 6.09. The summed E-state index contributed by atoms with van der Waals surface area (Å²) in [6, 6.07) is 15.3. The van der Waals surface area contributed by atoms with Gasteiger partial charge in [0.25, 0.3) is 5.91 Å². The molecular formula is C25H29NO5. The quantitative estimate of drug-likeness (QED) is 0.562. The fraction of sp³-hybridized carbons (Fsp3) is 0.360. The van der Waals surface area contributed by atoms with Crippen molar-refractivity contribution in [1.82, 2.24) is 4.90 Å². The van der Waals surface area contributed by atoms with E-state index in [0.29, 0.717) is 31.6 Å². The molecule has 0 bridgehead atoms. The Bertz CT molecular complexity index is 951. The lowest BCUT2D eigenvalue weighted by atomic mass is 9.93. The average Bonchev–Trinajstić information content (AvgIpc) is 3.00. The topological polar surface area (TPSA) is 87.1 Å². The van der Waals surface area contributed by atoms with E-state index < -0.39 is 17.7 Å². The number of carbonyl (C=O) groups is 2. The lowest BCUT2D eigenvalue weighted by molar-refractivity contribution is -0.129. The fourth-order valence-corrected chi connectivity index (χ4v) is 3.80. The van der Waals surface area contributed by atoms with Gasteiger partial charge in [0.2, 0.25) is 0 Å². The number of aromatic hydroxyl groups is 1. The predicted molar refractivity (Wildman–Crippen MR) is 118 cm³/mol. The molecule has 2 N–H and O–H groups in total. The number of Topliss-reactive ketones (excluding diaryl/α,β-unsaturated/α-hetero) is 1. The number of aliphatic hydroxyl groups excluding tert-OH is 1. The van der Waals surface area contributed by atoms with Crippen LogP contribution in [-0.4, -0.2) is 46.1 Å². The first kappa shape index (κ1) is 22.6. The maximum absolute atomic E-state index is 13.1. The number of aliphatic hydroxyl groups is 1. The highest BCUT2D eigenvalue weighted by Crippen LogP contribution is 2.39. The second-order valence-electron chi connectivity index (χ2n) is 7.94. The van der Waals surface area contributed by atoms with Crippen LogP contribution in [0.5, 0.6) is 5.75 Å². The Morgan fingerprint density at radius 1 is 1.10 bits per heavy atom. The van der Waals surface area contributed by atoms with Crippen LogP contribution in [0.1, 0.15) is 43.9 Å². The van der Waals surface area contributed by atoms with Crippen molar-refractivity contribution in [3.8, 4) is 5.75 Å². The van der Waals surface area contributed by atoms with Gasteiger partial charge in [0, 0.05) is 19.6 Å². The lowest BCUT2D eigenvalue weighted by Gasteiger charge is -2.27. The molecule has 0 fully saturated rings. The summed E-state index contributed by atoms with van der Waals surface area (Å²) in [5.41, 5.74) is 1.69. The summed E-state index contributed by atoms with van der Waals surface area (Å²) >= 11 is 0. The number of amides is 1. The summed E-state index contributed by atoms with van der Waals surface area (Å²) in [7, 11) is 0. The second kappa shape index (κ2) is 10.3. The minimum atomic E-state index is -0.734. The fourth-order valence-electron chi connectivity index (χ4n) is 3.80. The molecule has 1 aliphatic rings. The largest absolute Gasteiger partial charge is 0.508 e. The molecule has 6 heteroatoms. The Kier molecular flexibility index (Phi) is 7.47. The number of ether oxygens (including phenoxy) is 1. The van der Waals surface area contributed by atoms with Gasteiger partial charge in [-0.05, 0) is 49.9 Å². The highest BCUT2D eigenvalue weighted by atomic mass is 16.5. The van der Waals surface area contributed by atoms with Gasteiger partial charge in [-0.15, -0.1) is 0 Å². The summed E-state index contributed by atoms with van der Waals surface area (Å²) < 4.78 is 5.56. The third kappa shape index (κ3) is 5.52. The first-order valence-corrected chi connectivity index (χ1v) is 10.6. The summed E-state index contributed by atoms with van der Waals surface area (Å²) in [4.78, 5) is 27.5. The number of phenolic OH excluding ortho intramolecular Hbond substituents is 1. The molecular weight excluding hydrogens is 394 g/mol. The molecule has 1 aliphatic heterocycles. The van der Waals surface area contributed by atoms with Crippen LogP contribution >= 0.6 is 0 Å². The number of rotatable bonds is 10. The first-order valence-electron chi connectivity index (χ1n) is 10.6. The van der Waals surface area contributed by atoms with Crippen molar-refractivity contribution in [3.05, 3.63) is 77.1 Å². The smallest absolute Gasteiger partial charge is 0.290 e. The van der Waals surface area contributed by atoms with Gasteiger partial charge < -0.3 is 19.8 Å². The Morgan fingerprint density at radius 2 is 1.84 bits per heavy atom. The SMILES string of the molecule is CC(C)OCCCN1C(=O)C(O)=C(C(=O)CCc2ccccc2)C1c1cccc(O)c1. The van der Waals surface area contributed by atoms with E-state index in [4.69, 9.17) is 4.74 Å². The van der Waals surface area contributed by atoms with Crippen LogP contribution in [0.4, 0.5) is 0 Å². The summed E-state index contributed by atoms with van der Waals surface area (Å²) in [6.45, 7) is 4.67. The van der Waals surface area contributed by atoms with Crippen molar-refractivity contribution in [2.75, 3.05) is 13.2 Å². The van der Waals surface area contributed by atoms with E-state index in [1.165, 1.54) is 17.0 Å². The number of ketones is 1. The Morgan fingerprint density at radius 3 is 2.52 bits per heavy atom. The monoisotopic (exact) mass is 423 g/mol. The minimum absolute atomic E-state index is 0.0375. The molecule has 0 saturated heterocycles. The van der Waals surface area contributed by atoms with E-state index in [2.05, 4.69) is 0 Å². The van der Waals surface area contributed by atoms with Crippen molar-refractivity contribution < 1.29 is 24.5 Å². The molecule has 0 aromatic heterocycles. The van der Waals surface area contributed by atoms with Gasteiger partial charge >= 0.3 is 0 Å².